The van der Waals surface area contributed by atoms with Gasteiger partial charge in [0.05, 0.1) is 11.4 Å². The third-order valence-corrected chi connectivity index (χ3v) is 4.80. The van der Waals surface area contributed by atoms with E-state index in [1.54, 1.807) is 18.6 Å². The zero-order chi connectivity index (χ0) is 17.6. The van der Waals surface area contributed by atoms with Crippen molar-refractivity contribution in [1.82, 2.24) is 15.3 Å². The molecule has 25 heavy (non-hydrogen) atoms. The number of carbonyl (C=O) groups is 3. The van der Waals surface area contributed by atoms with Crippen molar-refractivity contribution in [2.75, 3.05) is 11.4 Å². The third kappa shape index (κ3) is 4.42. The topological polar surface area (TPSA) is 92.3 Å². The summed E-state index contributed by atoms with van der Waals surface area (Å²) in [5.41, 5.74) is 2.06. The highest BCUT2D eigenvalue weighted by Gasteiger charge is 2.31. The lowest BCUT2D eigenvalue weighted by Crippen LogP contribution is -2.25. The summed E-state index contributed by atoms with van der Waals surface area (Å²) in [6.45, 7) is 0.497. The van der Waals surface area contributed by atoms with E-state index in [0.29, 0.717) is 25.2 Å². The van der Waals surface area contributed by atoms with Gasteiger partial charge in [0.1, 0.15) is 0 Å². The monoisotopic (exact) mass is 356 g/mol. The molecule has 1 saturated heterocycles. The molecule has 1 N–H and O–H groups in total. The first-order valence-electron chi connectivity index (χ1n) is 7.73. The summed E-state index contributed by atoms with van der Waals surface area (Å²) in [6, 6.07) is 7.82. The van der Waals surface area contributed by atoms with E-state index in [1.807, 2.05) is 24.3 Å². The Balaban J connectivity index is 1.56. The minimum Gasteiger partial charge on any atom is -0.298 e. The second kappa shape index (κ2) is 7.89. The van der Waals surface area contributed by atoms with Crippen LogP contribution in [0.4, 0.5) is 10.6 Å². The van der Waals surface area contributed by atoms with Gasteiger partial charge in [-0.05, 0) is 24.0 Å². The molecule has 0 radical (unpaired) electrons. The maximum absolute atomic E-state index is 11.6. The fraction of sp³-hybridized carbons (Fsp3) is 0.235. The van der Waals surface area contributed by atoms with Gasteiger partial charge in [-0.1, -0.05) is 36.0 Å². The van der Waals surface area contributed by atoms with Crippen molar-refractivity contribution in [2.45, 2.75) is 18.1 Å². The number of carbonyl (C=O) groups excluding carboxylic acids is 3. The molecule has 7 nitrogen and oxygen atoms in total. The van der Waals surface area contributed by atoms with E-state index in [1.165, 1.54) is 4.90 Å². The second-order valence-electron chi connectivity index (χ2n) is 5.52. The van der Waals surface area contributed by atoms with Crippen molar-refractivity contribution in [1.29, 1.82) is 0 Å². The number of thioether (sulfide) groups is 1. The van der Waals surface area contributed by atoms with E-state index >= 15 is 0 Å². The minimum absolute atomic E-state index is 0.232. The Labute approximate surface area is 148 Å². The van der Waals surface area contributed by atoms with Crippen molar-refractivity contribution in [2.24, 2.45) is 0 Å². The van der Waals surface area contributed by atoms with E-state index in [0.717, 1.165) is 29.3 Å². The van der Waals surface area contributed by atoms with Crippen LogP contribution in [0.2, 0.25) is 0 Å². The highest BCUT2D eigenvalue weighted by Crippen LogP contribution is 2.23. The summed E-state index contributed by atoms with van der Waals surface area (Å²) in [5, 5.41) is 1.64. The van der Waals surface area contributed by atoms with Gasteiger partial charge < -0.3 is 0 Å². The highest BCUT2D eigenvalue weighted by atomic mass is 32.2. The van der Waals surface area contributed by atoms with Gasteiger partial charge in [0.2, 0.25) is 12.3 Å². The van der Waals surface area contributed by atoms with Crippen LogP contribution < -0.4 is 10.2 Å². The van der Waals surface area contributed by atoms with Crippen molar-refractivity contribution < 1.29 is 14.4 Å². The number of nitrogens with one attached hydrogen (secondary N) is 1. The Bertz CT molecular complexity index is 767. The number of hydrogen-bond acceptors (Lipinski definition) is 6. The molecule has 1 aliphatic heterocycles. The molecular weight excluding hydrogens is 340 g/mol. The molecule has 128 valence electrons. The number of nitrogens with zero attached hydrogens (tertiary/aromatic N) is 3. The van der Waals surface area contributed by atoms with Crippen LogP contribution in [0.1, 0.15) is 11.1 Å². The predicted octanol–water partition coefficient (Wildman–Crippen LogP) is 1.58. The summed E-state index contributed by atoms with van der Waals surface area (Å²) >= 11 is 1.03. The first kappa shape index (κ1) is 17.1. The molecule has 0 saturated carbocycles. The molecular formula is C17H16N4O3S. The summed E-state index contributed by atoms with van der Waals surface area (Å²) in [6.07, 6.45) is 6.58. The second-order valence-corrected chi connectivity index (χ2v) is 6.69. The maximum Gasteiger partial charge on any atom is 0.286 e. The average molecular weight is 356 g/mol. The smallest absolute Gasteiger partial charge is 0.286 e. The molecule has 1 atom stereocenters. The van der Waals surface area contributed by atoms with E-state index in [-0.39, 0.29) is 16.4 Å². The van der Waals surface area contributed by atoms with Gasteiger partial charge in [0.15, 0.2) is 5.82 Å². The van der Waals surface area contributed by atoms with Crippen LogP contribution in [0.5, 0.6) is 0 Å². The first-order chi connectivity index (χ1) is 12.2. The summed E-state index contributed by atoms with van der Waals surface area (Å²) in [5.74, 6) is 0.285. The fourth-order valence-corrected chi connectivity index (χ4v) is 3.35. The Hall–Kier alpha value is -2.74. The van der Waals surface area contributed by atoms with Gasteiger partial charge >= 0.3 is 0 Å². The Kier molecular flexibility index (Phi) is 5.39. The largest absolute Gasteiger partial charge is 0.298 e. The van der Waals surface area contributed by atoms with Gasteiger partial charge in [-0.3, -0.25) is 29.6 Å². The van der Waals surface area contributed by atoms with Crippen molar-refractivity contribution in [3.05, 3.63) is 54.0 Å². The molecule has 1 aliphatic rings. The highest BCUT2D eigenvalue weighted by molar-refractivity contribution is 8.15. The molecule has 0 bridgehead atoms. The van der Waals surface area contributed by atoms with Crippen LogP contribution in [0.3, 0.4) is 0 Å². The Morgan fingerprint density at radius 2 is 1.92 bits per heavy atom. The third-order valence-electron chi connectivity index (χ3n) is 3.82. The van der Waals surface area contributed by atoms with Crippen LogP contribution in [-0.2, 0) is 22.4 Å². The number of anilines is 1. The number of aromatic nitrogens is 2. The Morgan fingerprint density at radius 1 is 1.16 bits per heavy atom. The van der Waals surface area contributed by atoms with Gasteiger partial charge in [0.25, 0.3) is 5.24 Å². The summed E-state index contributed by atoms with van der Waals surface area (Å²) < 4.78 is 0. The number of rotatable bonds is 7. The average Bonchev–Trinajstić information content (AvgIpc) is 2.95. The van der Waals surface area contributed by atoms with E-state index < -0.39 is 0 Å². The summed E-state index contributed by atoms with van der Waals surface area (Å²) in [7, 11) is 0. The lowest BCUT2D eigenvalue weighted by Gasteiger charge is -2.15. The fourth-order valence-electron chi connectivity index (χ4n) is 2.49. The molecule has 3 rings (SSSR count). The van der Waals surface area contributed by atoms with Gasteiger partial charge in [-0.15, -0.1) is 0 Å². The number of imide groups is 1. The number of benzene rings is 1. The lowest BCUT2D eigenvalue weighted by molar-refractivity contribution is -0.119. The first-order valence-corrected chi connectivity index (χ1v) is 8.61. The molecule has 3 amide bonds. The molecule has 8 heteroatoms. The molecule has 1 aromatic carbocycles. The van der Waals surface area contributed by atoms with Crippen molar-refractivity contribution in [3.63, 3.8) is 0 Å². The molecule has 1 fully saturated rings. The predicted molar refractivity (Wildman–Crippen MR) is 94.2 cm³/mol. The zero-order valence-corrected chi connectivity index (χ0v) is 14.1. The summed E-state index contributed by atoms with van der Waals surface area (Å²) in [4.78, 5) is 43.6. The van der Waals surface area contributed by atoms with Crippen molar-refractivity contribution in [3.8, 4) is 0 Å². The van der Waals surface area contributed by atoms with E-state index in [2.05, 4.69) is 15.3 Å². The van der Waals surface area contributed by atoms with Crippen molar-refractivity contribution >= 4 is 35.1 Å². The van der Waals surface area contributed by atoms with Crippen LogP contribution in [-0.4, -0.2) is 39.3 Å². The molecule has 2 heterocycles. The van der Waals surface area contributed by atoms with Crippen LogP contribution >= 0.6 is 11.8 Å². The zero-order valence-electron chi connectivity index (χ0n) is 13.3. The standard InChI is InChI=1S/C17H16N4O3S/c22-11-21(15-10-18-6-7-19-15)8-5-12-1-3-13(4-2-12)9-14-16(23)20-17(24)25-14/h1-4,6-7,10-11,14H,5,8-9H2,(H,20,23,24)/t14-/m1/s1. The van der Waals surface area contributed by atoms with Gasteiger partial charge in [-0.2, -0.15) is 0 Å². The molecule has 0 unspecified atom stereocenters. The molecule has 1 aromatic heterocycles. The SMILES string of the molecule is O=CN(CCc1ccc(C[C@H]2SC(=O)NC2=O)cc1)c1cnccn1. The molecule has 0 spiro atoms. The molecule has 0 aliphatic carbocycles. The van der Waals surface area contributed by atoms with Gasteiger partial charge in [0, 0.05) is 18.9 Å². The normalized spacial score (nSPS) is 16.6. The number of amides is 3. The maximum atomic E-state index is 11.6. The van der Waals surface area contributed by atoms with Crippen LogP contribution in [0, 0.1) is 0 Å². The quantitative estimate of drug-likeness (QED) is 0.757. The van der Waals surface area contributed by atoms with E-state index in [4.69, 9.17) is 0 Å². The van der Waals surface area contributed by atoms with Crippen LogP contribution in [0.25, 0.3) is 0 Å². The molecule has 2 aromatic rings. The van der Waals surface area contributed by atoms with E-state index in [9.17, 15) is 14.4 Å². The van der Waals surface area contributed by atoms with Gasteiger partial charge in [-0.25, -0.2) is 4.98 Å². The van der Waals surface area contributed by atoms with Crippen LogP contribution in [0.15, 0.2) is 42.9 Å². The lowest BCUT2D eigenvalue weighted by atomic mass is 10.1. The Morgan fingerprint density at radius 3 is 2.52 bits per heavy atom. The number of hydrogen-bond donors (Lipinski definition) is 1. The minimum atomic E-state index is -0.361.